The highest BCUT2D eigenvalue weighted by Crippen LogP contribution is 2.29. The molecule has 0 aliphatic carbocycles. The number of nitrogens with one attached hydrogen (secondary N) is 1. The summed E-state index contributed by atoms with van der Waals surface area (Å²) in [6, 6.07) is 3.91. The van der Waals surface area contributed by atoms with Gasteiger partial charge in [-0.15, -0.1) is 0 Å². The molecule has 3 nitrogen and oxygen atoms in total. The standard InChI is InChI=1S/C11H9F4N3/c12-8-2-1-6(3-7(8)4-16)9-5-17-10(18-9)11(13,14)15/h1-3,5H,4,16H2,(H,17,18). The highest BCUT2D eigenvalue weighted by atomic mass is 19.4. The molecule has 0 bridgehead atoms. The first-order valence-electron chi connectivity index (χ1n) is 5.03. The number of nitrogens with two attached hydrogens (primary N) is 1. The van der Waals surface area contributed by atoms with Crippen molar-refractivity contribution < 1.29 is 17.6 Å². The number of alkyl halides is 3. The average Bonchev–Trinajstić information content (AvgIpc) is 2.78. The van der Waals surface area contributed by atoms with E-state index in [2.05, 4.69) is 9.97 Å². The Hall–Kier alpha value is -1.89. The van der Waals surface area contributed by atoms with Crippen molar-refractivity contribution in [3.05, 3.63) is 41.6 Å². The molecule has 0 spiro atoms. The quantitative estimate of drug-likeness (QED) is 0.815. The summed E-state index contributed by atoms with van der Waals surface area (Å²) in [5, 5.41) is 0. The second-order valence-electron chi connectivity index (χ2n) is 3.65. The normalized spacial score (nSPS) is 11.8. The lowest BCUT2D eigenvalue weighted by Crippen LogP contribution is -2.07. The summed E-state index contributed by atoms with van der Waals surface area (Å²) in [5.74, 6) is -1.58. The predicted octanol–water partition coefficient (Wildman–Crippen LogP) is 2.69. The molecule has 0 atom stereocenters. The molecule has 0 amide bonds. The van der Waals surface area contributed by atoms with Gasteiger partial charge in [0.05, 0.1) is 11.9 Å². The first-order valence-corrected chi connectivity index (χ1v) is 5.03. The van der Waals surface area contributed by atoms with Crippen molar-refractivity contribution in [2.24, 2.45) is 5.73 Å². The number of aromatic nitrogens is 2. The van der Waals surface area contributed by atoms with Gasteiger partial charge in [0, 0.05) is 17.7 Å². The summed E-state index contributed by atoms with van der Waals surface area (Å²) in [6.07, 6.45) is -3.48. The van der Waals surface area contributed by atoms with Crippen molar-refractivity contribution in [3.63, 3.8) is 0 Å². The third kappa shape index (κ3) is 2.35. The summed E-state index contributed by atoms with van der Waals surface area (Å²) < 4.78 is 50.3. The van der Waals surface area contributed by atoms with Crippen LogP contribution in [-0.2, 0) is 12.7 Å². The second kappa shape index (κ2) is 4.41. The third-order valence-electron chi connectivity index (χ3n) is 2.42. The Morgan fingerprint density at radius 1 is 1.28 bits per heavy atom. The number of rotatable bonds is 2. The molecule has 7 heteroatoms. The van der Waals surface area contributed by atoms with Crippen LogP contribution in [0.2, 0.25) is 0 Å². The number of hydrogen-bond acceptors (Lipinski definition) is 2. The van der Waals surface area contributed by atoms with Gasteiger partial charge in [0.15, 0.2) is 0 Å². The lowest BCUT2D eigenvalue weighted by Gasteiger charge is -2.04. The number of halogens is 4. The van der Waals surface area contributed by atoms with Crippen molar-refractivity contribution in [1.82, 2.24) is 9.97 Å². The molecular weight excluding hydrogens is 250 g/mol. The Morgan fingerprint density at radius 3 is 2.56 bits per heavy atom. The molecule has 2 rings (SSSR count). The van der Waals surface area contributed by atoms with E-state index in [1.165, 1.54) is 12.1 Å². The highest BCUT2D eigenvalue weighted by Gasteiger charge is 2.34. The van der Waals surface area contributed by atoms with E-state index in [1.807, 2.05) is 0 Å². The zero-order valence-corrected chi connectivity index (χ0v) is 9.05. The van der Waals surface area contributed by atoms with Gasteiger partial charge in [-0.3, -0.25) is 0 Å². The van der Waals surface area contributed by atoms with Crippen LogP contribution in [0.3, 0.4) is 0 Å². The van der Waals surface area contributed by atoms with E-state index in [-0.39, 0.29) is 17.8 Å². The summed E-state index contributed by atoms with van der Waals surface area (Å²) in [7, 11) is 0. The molecule has 1 aromatic heterocycles. The van der Waals surface area contributed by atoms with Gasteiger partial charge in [0.1, 0.15) is 5.82 Å². The topological polar surface area (TPSA) is 54.7 Å². The fraction of sp³-hybridized carbons (Fsp3) is 0.182. The number of nitrogens with zero attached hydrogens (tertiary/aromatic N) is 1. The van der Waals surface area contributed by atoms with Crippen LogP contribution >= 0.6 is 0 Å². The summed E-state index contributed by atoms with van der Waals surface area (Å²) in [5.41, 5.74) is 6.12. The summed E-state index contributed by atoms with van der Waals surface area (Å²) in [6.45, 7) is -0.0278. The highest BCUT2D eigenvalue weighted by molar-refractivity contribution is 5.59. The molecule has 1 aromatic carbocycles. The van der Waals surface area contributed by atoms with E-state index < -0.39 is 17.8 Å². The Labute approximate surface area is 99.6 Å². The van der Waals surface area contributed by atoms with E-state index >= 15 is 0 Å². The lowest BCUT2D eigenvalue weighted by molar-refractivity contribution is -0.144. The van der Waals surface area contributed by atoms with E-state index in [0.29, 0.717) is 5.56 Å². The van der Waals surface area contributed by atoms with Gasteiger partial charge < -0.3 is 10.7 Å². The molecule has 18 heavy (non-hydrogen) atoms. The minimum Gasteiger partial charge on any atom is -0.334 e. The van der Waals surface area contributed by atoms with Crippen molar-refractivity contribution in [1.29, 1.82) is 0 Å². The molecule has 0 saturated heterocycles. The van der Waals surface area contributed by atoms with Gasteiger partial charge in [-0.25, -0.2) is 9.37 Å². The van der Waals surface area contributed by atoms with E-state index in [4.69, 9.17) is 5.73 Å². The molecule has 0 unspecified atom stereocenters. The maximum Gasteiger partial charge on any atom is 0.449 e. The minimum absolute atomic E-state index is 0.0278. The number of hydrogen-bond donors (Lipinski definition) is 2. The number of benzene rings is 1. The Bertz CT molecular complexity index is 560. The van der Waals surface area contributed by atoms with Gasteiger partial charge >= 0.3 is 6.18 Å². The summed E-state index contributed by atoms with van der Waals surface area (Å²) in [4.78, 5) is 5.38. The SMILES string of the molecule is NCc1cc(-c2cnc(C(F)(F)F)[nH]2)ccc1F. The number of aromatic amines is 1. The fourth-order valence-corrected chi connectivity index (χ4v) is 1.51. The molecule has 1 heterocycles. The van der Waals surface area contributed by atoms with Crippen molar-refractivity contribution >= 4 is 0 Å². The third-order valence-corrected chi connectivity index (χ3v) is 2.42. The van der Waals surface area contributed by atoms with Crippen LogP contribution in [0.25, 0.3) is 11.3 Å². The van der Waals surface area contributed by atoms with Crippen LogP contribution in [0.4, 0.5) is 17.6 Å². The molecule has 0 fully saturated rings. The molecule has 96 valence electrons. The van der Waals surface area contributed by atoms with Crippen molar-refractivity contribution in [2.75, 3.05) is 0 Å². The van der Waals surface area contributed by atoms with Gasteiger partial charge in [0.25, 0.3) is 0 Å². The Morgan fingerprint density at radius 2 is 2.00 bits per heavy atom. The van der Waals surface area contributed by atoms with Crippen LogP contribution in [0.15, 0.2) is 24.4 Å². The molecular formula is C11H9F4N3. The monoisotopic (exact) mass is 259 g/mol. The Balaban J connectivity index is 2.40. The van der Waals surface area contributed by atoms with Gasteiger partial charge in [0.2, 0.25) is 5.82 Å². The predicted molar refractivity (Wildman–Crippen MR) is 56.9 cm³/mol. The number of H-pyrrole nitrogens is 1. The zero-order valence-electron chi connectivity index (χ0n) is 9.05. The maximum absolute atomic E-state index is 13.2. The fourth-order valence-electron chi connectivity index (χ4n) is 1.51. The van der Waals surface area contributed by atoms with E-state index in [1.54, 1.807) is 0 Å². The smallest absolute Gasteiger partial charge is 0.334 e. The van der Waals surface area contributed by atoms with Crippen LogP contribution in [0.1, 0.15) is 11.4 Å². The molecule has 0 aliphatic heterocycles. The van der Waals surface area contributed by atoms with E-state index in [9.17, 15) is 17.6 Å². The zero-order chi connectivity index (χ0) is 13.3. The molecule has 0 aliphatic rings. The largest absolute Gasteiger partial charge is 0.449 e. The maximum atomic E-state index is 13.2. The van der Waals surface area contributed by atoms with Crippen LogP contribution in [0, 0.1) is 5.82 Å². The van der Waals surface area contributed by atoms with Gasteiger partial charge in [-0.05, 0) is 18.2 Å². The number of imidazole rings is 1. The molecule has 3 N–H and O–H groups in total. The molecule has 2 aromatic rings. The van der Waals surface area contributed by atoms with Crippen LogP contribution < -0.4 is 5.73 Å². The molecule has 0 saturated carbocycles. The second-order valence-corrected chi connectivity index (χ2v) is 3.65. The van der Waals surface area contributed by atoms with Crippen LogP contribution in [-0.4, -0.2) is 9.97 Å². The first-order chi connectivity index (χ1) is 8.41. The van der Waals surface area contributed by atoms with Crippen LogP contribution in [0.5, 0.6) is 0 Å². The van der Waals surface area contributed by atoms with Gasteiger partial charge in [-0.2, -0.15) is 13.2 Å². The minimum atomic E-state index is -4.53. The summed E-state index contributed by atoms with van der Waals surface area (Å²) >= 11 is 0. The lowest BCUT2D eigenvalue weighted by atomic mass is 10.1. The van der Waals surface area contributed by atoms with Crippen molar-refractivity contribution in [3.8, 4) is 11.3 Å². The van der Waals surface area contributed by atoms with Gasteiger partial charge in [-0.1, -0.05) is 0 Å². The van der Waals surface area contributed by atoms with E-state index in [0.717, 1.165) is 12.3 Å². The average molecular weight is 259 g/mol. The first kappa shape index (κ1) is 12.6. The molecule has 0 radical (unpaired) electrons. The Kier molecular flexibility index (Phi) is 3.08. The van der Waals surface area contributed by atoms with Crippen molar-refractivity contribution in [2.45, 2.75) is 12.7 Å².